The van der Waals surface area contributed by atoms with E-state index in [9.17, 15) is 4.79 Å². The summed E-state index contributed by atoms with van der Waals surface area (Å²) in [5, 5.41) is 3.00. The summed E-state index contributed by atoms with van der Waals surface area (Å²) < 4.78 is 0. The molecule has 1 aromatic heterocycles. The molecule has 1 amide bonds. The number of fused-ring (bicyclic) bond motifs is 1. The molecule has 0 bridgehead atoms. The van der Waals surface area contributed by atoms with Crippen LogP contribution in [0, 0.1) is 0 Å². The minimum atomic E-state index is -0.132. The Morgan fingerprint density at radius 2 is 2.11 bits per heavy atom. The first kappa shape index (κ1) is 12.2. The number of carbonyl (C=O) groups excluding carboxylic acids is 1. The lowest BCUT2D eigenvalue weighted by Gasteiger charge is -2.38. The van der Waals surface area contributed by atoms with Gasteiger partial charge in [-0.25, -0.2) is 0 Å². The number of rotatable bonds is 3. The molecule has 1 aromatic rings. The fourth-order valence-corrected chi connectivity index (χ4v) is 3.92. The predicted octanol–water partition coefficient (Wildman–Crippen LogP) is 2.24. The summed E-state index contributed by atoms with van der Waals surface area (Å²) in [5.74, 6) is 0.0612. The van der Waals surface area contributed by atoms with Gasteiger partial charge in [0.2, 0.25) is 0 Å². The van der Waals surface area contributed by atoms with Crippen LogP contribution >= 0.6 is 11.3 Å². The molecule has 3 nitrogen and oxygen atoms in total. The molecule has 18 heavy (non-hydrogen) atoms. The van der Waals surface area contributed by atoms with E-state index in [4.69, 9.17) is 5.73 Å². The topological polar surface area (TPSA) is 55.1 Å². The van der Waals surface area contributed by atoms with Crippen LogP contribution in [0.15, 0.2) is 6.07 Å². The van der Waals surface area contributed by atoms with Crippen molar-refractivity contribution < 1.29 is 4.79 Å². The fraction of sp³-hybridized carbons (Fsp3) is 0.643. The number of hydrogen-bond acceptors (Lipinski definition) is 3. The number of thiophene rings is 1. The zero-order valence-electron chi connectivity index (χ0n) is 10.6. The third-order valence-corrected chi connectivity index (χ3v) is 5.41. The average Bonchev–Trinajstić information content (AvgIpc) is 2.77. The molecule has 1 heterocycles. The fourth-order valence-electron chi connectivity index (χ4n) is 2.75. The highest BCUT2D eigenvalue weighted by Gasteiger charge is 2.32. The summed E-state index contributed by atoms with van der Waals surface area (Å²) in [7, 11) is 0. The van der Waals surface area contributed by atoms with Crippen LogP contribution in [0.5, 0.6) is 0 Å². The Labute approximate surface area is 112 Å². The second kappa shape index (κ2) is 4.67. The van der Waals surface area contributed by atoms with Crippen LogP contribution in [0.2, 0.25) is 0 Å². The summed E-state index contributed by atoms with van der Waals surface area (Å²) in [6.07, 6.45) is 8.08. The summed E-state index contributed by atoms with van der Waals surface area (Å²) >= 11 is 1.67. The number of aryl methyl sites for hydroxylation is 2. The van der Waals surface area contributed by atoms with Gasteiger partial charge >= 0.3 is 0 Å². The number of carbonyl (C=O) groups is 1. The first-order valence-electron chi connectivity index (χ1n) is 6.85. The highest BCUT2D eigenvalue weighted by molar-refractivity contribution is 7.14. The van der Waals surface area contributed by atoms with E-state index in [0.717, 1.165) is 30.6 Å². The molecule has 98 valence electrons. The van der Waals surface area contributed by atoms with Gasteiger partial charge in [-0.2, -0.15) is 0 Å². The normalized spacial score (nSPS) is 20.9. The molecule has 0 atom stereocenters. The van der Waals surface area contributed by atoms with Gasteiger partial charge in [0.1, 0.15) is 0 Å². The van der Waals surface area contributed by atoms with E-state index in [1.165, 1.54) is 29.7 Å². The average molecular weight is 264 g/mol. The van der Waals surface area contributed by atoms with Crippen molar-refractivity contribution in [1.29, 1.82) is 0 Å². The molecule has 0 aliphatic heterocycles. The quantitative estimate of drug-likeness (QED) is 0.879. The Hall–Kier alpha value is -0.870. The lowest BCUT2D eigenvalue weighted by molar-refractivity contribution is 0.0934. The number of nitrogens with one attached hydrogen (secondary N) is 1. The van der Waals surface area contributed by atoms with Crippen LogP contribution in [0.3, 0.4) is 0 Å². The molecule has 0 spiro atoms. The molecule has 3 N–H and O–H groups in total. The van der Waals surface area contributed by atoms with Crippen molar-refractivity contribution in [3.8, 4) is 0 Å². The molecule has 0 saturated heterocycles. The Bertz CT molecular complexity index is 439. The summed E-state index contributed by atoms with van der Waals surface area (Å²) in [6.45, 7) is 0.619. The third-order valence-electron chi connectivity index (χ3n) is 4.17. The molecule has 0 aromatic carbocycles. The molecule has 1 saturated carbocycles. The monoisotopic (exact) mass is 264 g/mol. The maximum Gasteiger partial charge on any atom is 0.261 e. The maximum absolute atomic E-state index is 12.1. The van der Waals surface area contributed by atoms with Gasteiger partial charge < -0.3 is 11.1 Å². The van der Waals surface area contributed by atoms with Gasteiger partial charge in [0, 0.05) is 17.0 Å². The van der Waals surface area contributed by atoms with Crippen LogP contribution < -0.4 is 11.1 Å². The summed E-state index contributed by atoms with van der Waals surface area (Å²) in [5.41, 5.74) is 7.37. The Kier molecular flexibility index (Phi) is 3.16. The highest BCUT2D eigenvalue weighted by Crippen LogP contribution is 2.30. The molecule has 2 aliphatic carbocycles. The van der Waals surface area contributed by atoms with Crippen molar-refractivity contribution in [2.45, 2.75) is 50.5 Å². The van der Waals surface area contributed by atoms with Gasteiger partial charge in [0.05, 0.1) is 4.88 Å². The molecule has 1 fully saturated rings. The largest absolute Gasteiger partial charge is 0.349 e. The Morgan fingerprint density at radius 1 is 1.33 bits per heavy atom. The molecule has 0 unspecified atom stereocenters. The highest BCUT2D eigenvalue weighted by atomic mass is 32.1. The van der Waals surface area contributed by atoms with Gasteiger partial charge in [0.15, 0.2) is 0 Å². The number of hydrogen-bond donors (Lipinski definition) is 2. The van der Waals surface area contributed by atoms with Crippen molar-refractivity contribution in [2.24, 2.45) is 5.73 Å². The minimum absolute atomic E-state index is 0.0612. The first-order valence-corrected chi connectivity index (χ1v) is 7.67. The smallest absolute Gasteiger partial charge is 0.261 e. The second-order valence-electron chi connectivity index (χ2n) is 5.66. The maximum atomic E-state index is 12.1. The van der Waals surface area contributed by atoms with E-state index in [1.807, 2.05) is 0 Å². The van der Waals surface area contributed by atoms with Gasteiger partial charge in [-0.3, -0.25) is 4.79 Å². The van der Waals surface area contributed by atoms with Crippen LogP contribution in [0.4, 0.5) is 0 Å². The minimum Gasteiger partial charge on any atom is -0.349 e. The lowest BCUT2D eigenvalue weighted by Crippen LogP contribution is -2.54. The Balaban J connectivity index is 1.63. The van der Waals surface area contributed by atoms with Gasteiger partial charge in [-0.15, -0.1) is 11.3 Å². The zero-order valence-corrected chi connectivity index (χ0v) is 11.4. The molecule has 2 aliphatic rings. The van der Waals surface area contributed by atoms with Crippen LogP contribution in [-0.4, -0.2) is 18.0 Å². The van der Waals surface area contributed by atoms with Crippen LogP contribution in [-0.2, 0) is 12.8 Å². The molecule has 0 radical (unpaired) electrons. The van der Waals surface area contributed by atoms with Crippen molar-refractivity contribution in [3.05, 3.63) is 21.4 Å². The second-order valence-corrected chi connectivity index (χ2v) is 6.80. The summed E-state index contributed by atoms with van der Waals surface area (Å²) in [4.78, 5) is 14.4. The van der Waals surface area contributed by atoms with Crippen LogP contribution in [0.25, 0.3) is 0 Å². The SMILES string of the molecule is NC1(CNC(=O)c2cc3c(s2)CCCC3)CCC1. The lowest BCUT2D eigenvalue weighted by atomic mass is 9.78. The van der Waals surface area contributed by atoms with E-state index in [2.05, 4.69) is 11.4 Å². The van der Waals surface area contributed by atoms with Crippen LogP contribution in [0.1, 0.15) is 52.2 Å². The zero-order chi connectivity index (χ0) is 12.6. The predicted molar refractivity (Wildman–Crippen MR) is 74.1 cm³/mol. The van der Waals surface area contributed by atoms with Crippen molar-refractivity contribution >= 4 is 17.2 Å². The van der Waals surface area contributed by atoms with Crippen molar-refractivity contribution in [3.63, 3.8) is 0 Å². The standard InChI is InChI=1S/C14H20N2OS/c15-14(6-3-7-14)9-16-13(17)12-8-10-4-1-2-5-11(10)18-12/h8H,1-7,9,15H2,(H,16,17). The Morgan fingerprint density at radius 3 is 2.78 bits per heavy atom. The van der Waals surface area contributed by atoms with E-state index in [1.54, 1.807) is 11.3 Å². The molecular weight excluding hydrogens is 244 g/mol. The number of nitrogens with two attached hydrogens (primary N) is 1. The molecule has 3 rings (SSSR count). The van der Waals surface area contributed by atoms with Crippen molar-refractivity contribution in [2.75, 3.05) is 6.54 Å². The molecule has 4 heteroatoms. The van der Waals surface area contributed by atoms with E-state index < -0.39 is 0 Å². The van der Waals surface area contributed by atoms with Crippen molar-refractivity contribution in [1.82, 2.24) is 5.32 Å². The van der Waals surface area contributed by atoms with E-state index in [-0.39, 0.29) is 11.4 Å². The molecular formula is C14H20N2OS. The van der Waals surface area contributed by atoms with Gasteiger partial charge in [0.25, 0.3) is 5.91 Å². The number of amides is 1. The first-order chi connectivity index (χ1) is 8.66. The third kappa shape index (κ3) is 2.31. The summed E-state index contributed by atoms with van der Waals surface area (Å²) in [6, 6.07) is 2.08. The van der Waals surface area contributed by atoms with E-state index in [0.29, 0.717) is 6.54 Å². The van der Waals surface area contributed by atoms with E-state index >= 15 is 0 Å². The van der Waals surface area contributed by atoms with Gasteiger partial charge in [-0.05, 0) is 56.6 Å². The van der Waals surface area contributed by atoms with Gasteiger partial charge in [-0.1, -0.05) is 0 Å².